The molecule has 5 rings (SSSR count). The van der Waals surface area contributed by atoms with Crippen molar-refractivity contribution in [2.75, 3.05) is 19.7 Å². The third-order valence-corrected chi connectivity index (χ3v) is 6.30. The van der Waals surface area contributed by atoms with E-state index in [0.29, 0.717) is 29.5 Å². The molecule has 1 saturated heterocycles. The van der Waals surface area contributed by atoms with Crippen molar-refractivity contribution in [1.82, 2.24) is 24.3 Å². The largest absolute Gasteiger partial charge is 0.396 e. The molecule has 180 valence electrons. The molecule has 4 aromatic rings. The number of rotatable bonds is 7. The molecule has 0 unspecified atom stereocenters. The summed E-state index contributed by atoms with van der Waals surface area (Å²) < 4.78 is 29.3. The average molecular weight is 477 g/mol. The van der Waals surface area contributed by atoms with Gasteiger partial charge in [-0.2, -0.15) is 0 Å². The minimum atomic E-state index is -0.938. The molecule has 0 amide bonds. The summed E-state index contributed by atoms with van der Waals surface area (Å²) in [4.78, 5) is 20.8. The number of hydrogen-bond acceptors (Lipinski definition) is 6. The number of likely N-dealkylation sites (tertiary alicyclic amines) is 1. The van der Waals surface area contributed by atoms with Gasteiger partial charge in [-0.15, -0.1) is 0 Å². The van der Waals surface area contributed by atoms with E-state index in [2.05, 4.69) is 29.4 Å². The fourth-order valence-corrected chi connectivity index (χ4v) is 4.49. The maximum atomic E-state index is 13.8. The van der Waals surface area contributed by atoms with Crippen LogP contribution in [0.15, 0.2) is 66.5 Å². The molecule has 0 bridgehead atoms. The van der Waals surface area contributed by atoms with Crippen molar-refractivity contribution in [3.63, 3.8) is 0 Å². The predicted octanol–water partition coefficient (Wildman–Crippen LogP) is 4.57. The number of imidazole rings is 1. The van der Waals surface area contributed by atoms with Gasteiger partial charge < -0.3 is 9.24 Å². The summed E-state index contributed by atoms with van der Waals surface area (Å²) in [6.07, 6.45) is 11.4. The molecule has 0 saturated carbocycles. The predicted molar refractivity (Wildman–Crippen MR) is 128 cm³/mol. The van der Waals surface area contributed by atoms with Gasteiger partial charge in [-0.3, -0.25) is 14.9 Å². The van der Waals surface area contributed by atoms with Crippen LogP contribution in [-0.4, -0.2) is 49.7 Å². The van der Waals surface area contributed by atoms with Crippen LogP contribution in [0, 0.1) is 11.6 Å². The Kier molecular flexibility index (Phi) is 6.76. The first kappa shape index (κ1) is 23.0. The van der Waals surface area contributed by atoms with Crippen LogP contribution < -0.4 is 0 Å². The quantitative estimate of drug-likeness (QED) is 0.289. The number of hydrogen-bond donors (Lipinski definition) is 0. The number of halogens is 2. The molecule has 0 N–H and O–H groups in total. The highest BCUT2D eigenvalue weighted by atomic mass is 19.2. The Hall–Kier alpha value is -3.72. The minimum absolute atomic E-state index is 0.354. The molecule has 9 heteroatoms. The lowest BCUT2D eigenvalue weighted by Gasteiger charge is -2.31. The molecule has 1 fully saturated rings. The third kappa shape index (κ3) is 5.05. The molecule has 3 aromatic heterocycles. The highest BCUT2D eigenvalue weighted by molar-refractivity contribution is 6.11. The van der Waals surface area contributed by atoms with E-state index in [1.807, 2.05) is 24.5 Å². The van der Waals surface area contributed by atoms with Crippen molar-refractivity contribution >= 4 is 11.4 Å². The second-order valence-electron chi connectivity index (χ2n) is 8.58. The lowest BCUT2D eigenvalue weighted by atomic mass is 9.93. The molecule has 0 aliphatic carbocycles. The van der Waals surface area contributed by atoms with Crippen molar-refractivity contribution in [2.24, 2.45) is 5.16 Å². The van der Waals surface area contributed by atoms with Gasteiger partial charge in [0.2, 0.25) is 0 Å². The number of oxime groups is 1. The maximum Gasteiger partial charge on any atom is 0.159 e. The number of fused-ring (bicyclic) bond motifs is 1. The summed E-state index contributed by atoms with van der Waals surface area (Å²) in [7, 11) is 0. The molecular formula is C26H26F2N6O. The van der Waals surface area contributed by atoms with E-state index >= 15 is 0 Å². The summed E-state index contributed by atoms with van der Waals surface area (Å²) in [5.74, 6) is -1.38. The average Bonchev–Trinajstić information content (AvgIpc) is 3.32. The normalized spacial score (nSPS) is 15.6. The second-order valence-corrected chi connectivity index (χ2v) is 8.58. The molecule has 0 radical (unpaired) electrons. The second kappa shape index (κ2) is 10.3. The van der Waals surface area contributed by atoms with Crippen LogP contribution in [0.4, 0.5) is 8.78 Å². The van der Waals surface area contributed by atoms with Crippen LogP contribution in [-0.2, 0) is 11.4 Å². The number of piperidine rings is 1. The van der Waals surface area contributed by atoms with Gasteiger partial charge in [0, 0.05) is 48.5 Å². The van der Waals surface area contributed by atoms with E-state index in [1.165, 1.54) is 11.8 Å². The van der Waals surface area contributed by atoms with Gasteiger partial charge in [0.25, 0.3) is 0 Å². The first-order valence-electron chi connectivity index (χ1n) is 11.7. The molecule has 1 aliphatic rings. The van der Waals surface area contributed by atoms with Gasteiger partial charge in [-0.25, -0.2) is 13.8 Å². The number of pyridine rings is 1. The monoisotopic (exact) mass is 476 g/mol. The van der Waals surface area contributed by atoms with Crippen LogP contribution in [0.2, 0.25) is 0 Å². The number of aromatic nitrogens is 4. The fraction of sp³-hybridized carbons (Fsp3) is 0.308. The maximum absolute atomic E-state index is 13.8. The van der Waals surface area contributed by atoms with E-state index in [-0.39, 0.29) is 0 Å². The zero-order chi connectivity index (χ0) is 24.2. The Bertz CT molecular complexity index is 1330. The first-order valence-corrected chi connectivity index (χ1v) is 11.7. The molecule has 1 aliphatic heterocycles. The molecule has 7 nitrogen and oxygen atoms in total. The van der Waals surface area contributed by atoms with Gasteiger partial charge in [-0.05, 0) is 62.7 Å². The molecule has 35 heavy (non-hydrogen) atoms. The van der Waals surface area contributed by atoms with Crippen molar-refractivity contribution in [3.05, 3.63) is 95.5 Å². The van der Waals surface area contributed by atoms with Crippen molar-refractivity contribution in [2.45, 2.75) is 32.2 Å². The number of nitrogens with zero attached hydrogens (tertiary/aromatic N) is 6. The van der Waals surface area contributed by atoms with Crippen LogP contribution in [0.3, 0.4) is 0 Å². The Morgan fingerprint density at radius 1 is 1.06 bits per heavy atom. The lowest BCUT2D eigenvalue weighted by molar-refractivity contribution is 0.159. The Morgan fingerprint density at radius 2 is 1.91 bits per heavy atom. The number of benzene rings is 1. The van der Waals surface area contributed by atoms with Gasteiger partial charge in [0.15, 0.2) is 17.3 Å². The molecule has 0 atom stereocenters. The standard InChI is InChI=1S/C26H26F2N6O/c1-2-35-32-26(20-4-5-21(27)22(28)13-20)23-6-3-18(14-30-23)17-33-10-7-19(8-11-33)24-15-31-25-16-29-9-12-34(24)25/h3-6,9,12-16,19H,2,7-8,10-11,17H2,1H3/b32-26+. The van der Waals surface area contributed by atoms with Crippen molar-refractivity contribution in [1.29, 1.82) is 0 Å². The Balaban J connectivity index is 1.24. The molecule has 0 spiro atoms. The van der Waals surface area contributed by atoms with Crippen LogP contribution >= 0.6 is 0 Å². The van der Waals surface area contributed by atoms with Gasteiger partial charge in [0.05, 0.1) is 11.9 Å². The van der Waals surface area contributed by atoms with Crippen LogP contribution in [0.25, 0.3) is 5.65 Å². The van der Waals surface area contributed by atoms with E-state index in [4.69, 9.17) is 4.84 Å². The molecule has 4 heterocycles. The lowest BCUT2D eigenvalue weighted by Crippen LogP contribution is -2.32. The third-order valence-electron chi connectivity index (χ3n) is 6.30. The SMILES string of the molecule is CCO/N=C(\c1ccc(F)c(F)c1)c1ccc(CN2CCC(c3cnc4cnccn34)CC2)cn1. The topological polar surface area (TPSA) is 67.9 Å². The zero-order valence-electron chi connectivity index (χ0n) is 19.4. The van der Waals surface area contributed by atoms with E-state index in [9.17, 15) is 8.78 Å². The van der Waals surface area contributed by atoms with Gasteiger partial charge >= 0.3 is 0 Å². The summed E-state index contributed by atoms with van der Waals surface area (Å²) in [6.45, 7) is 4.92. The smallest absolute Gasteiger partial charge is 0.159 e. The fourth-order valence-electron chi connectivity index (χ4n) is 4.49. The summed E-state index contributed by atoms with van der Waals surface area (Å²) in [5.41, 5.74) is 4.51. The highest BCUT2D eigenvalue weighted by Crippen LogP contribution is 2.29. The summed E-state index contributed by atoms with van der Waals surface area (Å²) in [5, 5.41) is 4.10. The van der Waals surface area contributed by atoms with Gasteiger partial charge in [0.1, 0.15) is 12.3 Å². The molecule has 1 aromatic carbocycles. The molecular weight excluding hydrogens is 450 g/mol. The Labute approximate surface area is 202 Å². The summed E-state index contributed by atoms with van der Waals surface area (Å²) in [6, 6.07) is 7.48. The van der Waals surface area contributed by atoms with E-state index < -0.39 is 11.6 Å². The summed E-state index contributed by atoms with van der Waals surface area (Å²) >= 11 is 0. The minimum Gasteiger partial charge on any atom is -0.396 e. The van der Waals surface area contributed by atoms with Crippen molar-refractivity contribution in [3.8, 4) is 0 Å². The van der Waals surface area contributed by atoms with Crippen molar-refractivity contribution < 1.29 is 13.6 Å². The highest BCUT2D eigenvalue weighted by Gasteiger charge is 2.23. The van der Waals surface area contributed by atoms with Crippen LogP contribution in [0.5, 0.6) is 0 Å². The van der Waals surface area contributed by atoms with Crippen LogP contribution in [0.1, 0.15) is 48.2 Å². The van der Waals surface area contributed by atoms with E-state index in [1.54, 1.807) is 25.5 Å². The first-order chi connectivity index (χ1) is 17.1. The Morgan fingerprint density at radius 3 is 2.66 bits per heavy atom. The van der Waals surface area contributed by atoms with E-state index in [0.717, 1.165) is 55.8 Å². The zero-order valence-corrected chi connectivity index (χ0v) is 19.4. The van der Waals surface area contributed by atoms with Gasteiger partial charge in [-0.1, -0.05) is 11.2 Å².